The van der Waals surface area contributed by atoms with E-state index in [9.17, 15) is 18.0 Å². The van der Waals surface area contributed by atoms with E-state index in [1.54, 1.807) is 6.07 Å². The summed E-state index contributed by atoms with van der Waals surface area (Å²) in [7, 11) is -3.76. The molecule has 0 bridgehead atoms. The second-order valence-electron chi connectivity index (χ2n) is 7.96. The Bertz CT molecular complexity index is 909. The number of terminal acetylenes is 1. The zero-order chi connectivity index (χ0) is 21.6. The molecule has 1 heterocycles. The molecular weight excluding hydrogens is 402 g/mol. The first-order chi connectivity index (χ1) is 14.4. The van der Waals surface area contributed by atoms with Gasteiger partial charge in [-0.15, -0.1) is 6.42 Å². The van der Waals surface area contributed by atoms with Gasteiger partial charge in [0.1, 0.15) is 0 Å². The standard InChI is InChI=1S/C22H29N3O4S/c1-2-13-23-30(28,29)20-10-6-9-18(16-20)21(26)24-19-11-14-25(15-12-19)22(27)17-7-4-3-5-8-17/h1,6,9-10,16-17,19,23H,3-5,7-8,11-15H2,(H,24,26). The van der Waals surface area contributed by atoms with E-state index >= 15 is 0 Å². The summed E-state index contributed by atoms with van der Waals surface area (Å²) in [5, 5.41) is 2.97. The van der Waals surface area contributed by atoms with Crippen LogP contribution in [0.3, 0.4) is 0 Å². The lowest BCUT2D eigenvalue weighted by Gasteiger charge is -2.35. The number of likely N-dealkylation sites (tertiary alicyclic amines) is 1. The summed E-state index contributed by atoms with van der Waals surface area (Å²) in [5.41, 5.74) is 0.277. The Hall–Kier alpha value is -2.37. The third-order valence-corrected chi connectivity index (χ3v) is 7.27. The minimum atomic E-state index is -3.76. The van der Waals surface area contributed by atoms with Crippen molar-refractivity contribution in [3.63, 3.8) is 0 Å². The van der Waals surface area contributed by atoms with Gasteiger partial charge in [-0.05, 0) is 43.9 Å². The second kappa shape index (κ2) is 10.1. The molecule has 0 atom stereocenters. The molecule has 2 amide bonds. The number of piperidine rings is 1. The maximum atomic E-state index is 12.7. The number of carbonyl (C=O) groups excluding carboxylic acids is 2. The van der Waals surface area contributed by atoms with Crippen LogP contribution in [-0.4, -0.2) is 50.8 Å². The topological polar surface area (TPSA) is 95.6 Å². The van der Waals surface area contributed by atoms with Crippen LogP contribution >= 0.6 is 0 Å². The third kappa shape index (κ3) is 5.61. The number of rotatable bonds is 6. The first-order valence-electron chi connectivity index (χ1n) is 10.5. The lowest BCUT2D eigenvalue weighted by atomic mass is 9.87. The van der Waals surface area contributed by atoms with Crippen molar-refractivity contribution >= 4 is 21.8 Å². The van der Waals surface area contributed by atoms with Crippen LogP contribution in [0.4, 0.5) is 0 Å². The average molecular weight is 432 g/mol. The molecule has 162 valence electrons. The minimum absolute atomic E-state index is 0.00158. The van der Waals surface area contributed by atoms with Crippen LogP contribution in [0.2, 0.25) is 0 Å². The normalized spacial score (nSPS) is 18.6. The molecule has 8 heteroatoms. The summed E-state index contributed by atoms with van der Waals surface area (Å²) in [6.07, 6.45) is 12.0. The van der Waals surface area contributed by atoms with E-state index in [1.165, 1.54) is 24.6 Å². The quantitative estimate of drug-likeness (QED) is 0.673. The van der Waals surface area contributed by atoms with Gasteiger partial charge in [-0.25, -0.2) is 8.42 Å². The first kappa shape index (κ1) is 22.3. The molecule has 2 aliphatic rings. The number of carbonyl (C=O) groups is 2. The molecule has 1 aromatic rings. The zero-order valence-corrected chi connectivity index (χ0v) is 17.9. The van der Waals surface area contributed by atoms with Gasteiger partial charge in [0, 0.05) is 30.6 Å². The SMILES string of the molecule is C#CCNS(=O)(=O)c1cccc(C(=O)NC2CCN(C(=O)C3CCCCC3)CC2)c1. The maximum Gasteiger partial charge on any atom is 0.251 e. The Morgan fingerprint density at radius 1 is 1.10 bits per heavy atom. The van der Waals surface area contributed by atoms with E-state index < -0.39 is 10.0 Å². The number of benzene rings is 1. The largest absolute Gasteiger partial charge is 0.349 e. The summed E-state index contributed by atoms with van der Waals surface area (Å²) in [6.45, 7) is 1.17. The van der Waals surface area contributed by atoms with Gasteiger partial charge in [0.25, 0.3) is 5.91 Å². The minimum Gasteiger partial charge on any atom is -0.349 e. The summed E-state index contributed by atoms with van der Waals surface area (Å²) in [6, 6.07) is 5.84. The fourth-order valence-corrected chi connectivity index (χ4v) is 5.13. The molecule has 1 aromatic carbocycles. The molecule has 0 spiro atoms. The summed E-state index contributed by atoms with van der Waals surface area (Å²) in [5.74, 6) is 2.33. The number of sulfonamides is 1. The number of nitrogens with zero attached hydrogens (tertiary/aromatic N) is 1. The highest BCUT2D eigenvalue weighted by Gasteiger charge is 2.29. The van der Waals surface area contributed by atoms with Crippen molar-refractivity contribution in [3.05, 3.63) is 29.8 Å². The molecule has 30 heavy (non-hydrogen) atoms. The van der Waals surface area contributed by atoms with E-state index in [0.29, 0.717) is 25.9 Å². The van der Waals surface area contributed by atoms with Crippen LogP contribution in [0.5, 0.6) is 0 Å². The van der Waals surface area contributed by atoms with Crippen molar-refractivity contribution in [1.29, 1.82) is 0 Å². The predicted molar refractivity (Wildman–Crippen MR) is 114 cm³/mol. The highest BCUT2D eigenvalue weighted by atomic mass is 32.2. The molecule has 2 fully saturated rings. The van der Waals surface area contributed by atoms with E-state index in [2.05, 4.69) is 16.0 Å². The van der Waals surface area contributed by atoms with Gasteiger partial charge < -0.3 is 10.2 Å². The number of nitrogens with one attached hydrogen (secondary N) is 2. The maximum absolute atomic E-state index is 12.7. The summed E-state index contributed by atoms with van der Waals surface area (Å²) < 4.78 is 26.7. The second-order valence-corrected chi connectivity index (χ2v) is 9.73. The number of hydrogen-bond donors (Lipinski definition) is 2. The number of amides is 2. The van der Waals surface area contributed by atoms with Crippen molar-refractivity contribution in [2.75, 3.05) is 19.6 Å². The summed E-state index contributed by atoms with van der Waals surface area (Å²) >= 11 is 0. The average Bonchev–Trinajstić information content (AvgIpc) is 2.78. The van der Waals surface area contributed by atoms with Crippen LogP contribution in [0, 0.1) is 18.3 Å². The van der Waals surface area contributed by atoms with Gasteiger partial charge in [-0.2, -0.15) is 4.72 Å². The smallest absolute Gasteiger partial charge is 0.251 e. The van der Waals surface area contributed by atoms with Crippen LogP contribution in [0.25, 0.3) is 0 Å². The lowest BCUT2D eigenvalue weighted by molar-refractivity contribution is -0.137. The van der Waals surface area contributed by atoms with E-state index in [4.69, 9.17) is 6.42 Å². The van der Waals surface area contributed by atoms with Crippen molar-refractivity contribution in [2.24, 2.45) is 5.92 Å². The first-order valence-corrected chi connectivity index (χ1v) is 12.0. The Kier molecular flexibility index (Phi) is 7.51. The van der Waals surface area contributed by atoms with Crippen LogP contribution in [0.1, 0.15) is 55.3 Å². The molecule has 3 rings (SSSR count). The molecule has 2 N–H and O–H groups in total. The highest BCUT2D eigenvalue weighted by Crippen LogP contribution is 2.26. The van der Waals surface area contributed by atoms with Gasteiger partial charge >= 0.3 is 0 Å². The Labute approximate surface area is 178 Å². The lowest BCUT2D eigenvalue weighted by Crippen LogP contribution is -2.48. The van der Waals surface area contributed by atoms with Crippen LogP contribution in [0.15, 0.2) is 29.2 Å². The van der Waals surface area contributed by atoms with Crippen molar-refractivity contribution in [1.82, 2.24) is 14.9 Å². The van der Waals surface area contributed by atoms with Gasteiger partial charge in [-0.3, -0.25) is 9.59 Å². The molecule has 1 aliphatic heterocycles. The molecule has 7 nitrogen and oxygen atoms in total. The fraction of sp³-hybridized carbons (Fsp3) is 0.545. The monoisotopic (exact) mass is 431 g/mol. The molecule has 1 saturated heterocycles. The molecule has 0 aromatic heterocycles. The summed E-state index contributed by atoms with van der Waals surface area (Å²) in [4.78, 5) is 27.2. The predicted octanol–water partition coefficient (Wildman–Crippen LogP) is 1.90. The van der Waals surface area contributed by atoms with Gasteiger partial charge in [0.15, 0.2) is 0 Å². The zero-order valence-electron chi connectivity index (χ0n) is 17.1. The highest BCUT2D eigenvalue weighted by molar-refractivity contribution is 7.89. The Morgan fingerprint density at radius 3 is 2.47 bits per heavy atom. The van der Waals surface area contributed by atoms with Gasteiger partial charge in [-0.1, -0.05) is 31.2 Å². The van der Waals surface area contributed by atoms with Crippen molar-refractivity contribution in [3.8, 4) is 12.3 Å². The van der Waals surface area contributed by atoms with Crippen LogP contribution in [-0.2, 0) is 14.8 Å². The number of hydrogen-bond acceptors (Lipinski definition) is 4. The van der Waals surface area contributed by atoms with Crippen molar-refractivity contribution in [2.45, 2.75) is 55.9 Å². The Morgan fingerprint density at radius 2 is 1.80 bits per heavy atom. The fourth-order valence-electron chi connectivity index (χ4n) is 4.15. The van der Waals surface area contributed by atoms with Crippen LogP contribution < -0.4 is 10.0 Å². The van der Waals surface area contributed by atoms with Crippen molar-refractivity contribution < 1.29 is 18.0 Å². The molecule has 1 aliphatic carbocycles. The van der Waals surface area contributed by atoms with E-state index in [-0.39, 0.29) is 40.8 Å². The van der Waals surface area contributed by atoms with Gasteiger partial charge in [0.05, 0.1) is 11.4 Å². The molecular formula is C22H29N3O4S. The third-order valence-electron chi connectivity index (χ3n) is 5.87. The van der Waals surface area contributed by atoms with E-state index in [0.717, 1.165) is 25.7 Å². The Balaban J connectivity index is 1.54. The molecule has 0 radical (unpaired) electrons. The molecule has 1 saturated carbocycles. The van der Waals surface area contributed by atoms with Gasteiger partial charge in [0.2, 0.25) is 15.9 Å². The molecule has 0 unspecified atom stereocenters. The van der Waals surface area contributed by atoms with E-state index in [1.807, 2.05) is 4.90 Å².